The summed E-state index contributed by atoms with van der Waals surface area (Å²) in [5.74, 6) is -1.98. The van der Waals surface area contributed by atoms with Gasteiger partial charge in [-0.2, -0.15) is 4.39 Å². The van der Waals surface area contributed by atoms with Gasteiger partial charge in [0.15, 0.2) is 23.0 Å². The fraction of sp³-hybridized carbons (Fsp3) is 0.250. The average Bonchev–Trinajstić information content (AvgIpc) is 3.29. The van der Waals surface area contributed by atoms with Crippen LogP contribution in [0.3, 0.4) is 0 Å². The van der Waals surface area contributed by atoms with E-state index < -0.39 is 21.7 Å². The number of aromatic nitrogens is 3. The van der Waals surface area contributed by atoms with Gasteiger partial charge >= 0.3 is 0 Å². The van der Waals surface area contributed by atoms with Crippen LogP contribution < -0.4 is 15.8 Å². The number of nitrogens with two attached hydrogens (primary N) is 1. The van der Waals surface area contributed by atoms with Gasteiger partial charge in [-0.05, 0) is 55.8 Å². The Hall–Kier alpha value is -3.61. The van der Waals surface area contributed by atoms with Crippen LogP contribution in [0, 0.1) is 18.6 Å². The average molecular weight is 517 g/mol. The van der Waals surface area contributed by atoms with Gasteiger partial charge in [-0.15, -0.1) is 0 Å². The first-order chi connectivity index (χ1) is 17.2. The fourth-order valence-electron chi connectivity index (χ4n) is 3.85. The molecule has 0 bridgehead atoms. The Labute approximate surface area is 207 Å². The SMILES string of the molecule is COc1ccc(-c2cnc3c(Nc4ccc(S(=O)(=O)N(C)CCCN)c(C)c4)nccn23)c(F)c1F. The van der Waals surface area contributed by atoms with Crippen molar-refractivity contribution in [1.82, 2.24) is 18.7 Å². The van der Waals surface area contributed by atoms with E-state index in [0.717, 1.165) is 0 Å². The van der Waals surface area contributed by atoms with Crippen LogP contribution in [0.25, 0.3) is 16.9 Å². The predicted molar refractivity (Wildman–Crippen MR) is 133 cm³/mol. The number of nitrogens with zero attached hydrogens (tertiary/aromatic N) is 4. The van der Waals surface area contributed by atoms with E-state index in [-0.39, 0.29) is 16.2 Å². The van der Waals surface area contributed by atoms with Crippen LogP contribution in [-0.2, 0) is 10.0 Å². The normalized spacial score (nSPS) is 11.9. The number of hydrogen-bond donors (Lipinski definition) is 2. The quantitative estimate of drug-likeness (QED) is 0.349. The lowest BCUT2D eigenvalue weighted by Gasteiger charge is -2.19. The number of ether oxygens (including phenoxy) is 1. The van der Waals surface area contributed by atoms with Gasteiger partial charge in [0, 0.05) is 37.2 Å². The largest absolute Gasteiger partial charge is 0.494 e. The Bertz CT molecular complexity index is 1520. The smallest absolute Gasteiger partial charge is 0.243 e. The molecule has 0 unspecified atom stereocenters. The Balaban J connectivity index is 1.66. The number of fused-ring (bicyclic) bond motifs is 1. The third-order valence-corrected chi connectivity index (χ3v) is 7.79. The Morgan fingerprint density at radius 1 is 1.17 bits per heavy atom. The molecule has 0 saturated carbocycles. The van der Waals surface area contributed by atoms with Crippen molar-refractivity contribution >= 4 is 27.2 Å². The van der Waals surface area contributed by atoms with Gasteiger partial charge in [-0.25, -0.2) is 27.1 Å². The molecule has 0 aliphatic carbocycles. The number of hydrogen-bond acceptors (Lipinski definition) is 7. The molecule has 0 atom stereocenters. The summed E-state index contributed by atoms with van der Waals surface area (Å²) in [4.78, 5) is 8.85. The molecule has 190 valence electrons. The molecular weight excluding hydrogens is 490 g/mol. The van der Waals surface area contributed by atoms with Crippen LogP contribution >= 0.6 is 0 Å². The minimum absolute atomic E-state index is 0.0158. The first-order valence-corrected chi connectivity index (χ1v) is 12.5. The van der Waals surface area contributed by atoms with E-state index in [1.54, 1.807) is 29.7 Å². The van der Waals surface area contributed by atoms with Gasteiger partial charge in [0.1, 0.15) is 0 Å². The maximum Gasteiger partial charge on any atom is 0.243 e. The van der Waals surface area contributed by atoms with E-state index in [0.29, 0.717) is 47.9 Å². The highest BCUT2D eigenvalue weighted by molar-refractivity contribution is 7.89. The molecule has 0 radical (unpaired) electrons. The first-order valence-electron chi connectivity index (χ1n) is 11.1. The Kier molecular flexibility index (Phi) is 7.20. The summed E-state index contributed by atoms with van der Waals surface area (Å²) in [7, 11) is -0.878. The first kappa shape index (κ1) is 25.5. The molecule has 36 heavy (non-hydrogen) atoms. The molecule has 2 aromatic heterocycles. The molecule has 0 spiro atoms. The fourth-order valence-corrected chi connectivity index (χ4v) is 5.26. The van der Waals surface area contributed by atoms with Gasteiger partial charge in [0.05, 0.1) is 23.9 Å². The molecule has 4 aromatic rings. The number of rotatable bonds is 9. The molecule has 0 amide bonds. The van der Waals surface area contributed by atoms with Crippen LogP contribution in [0.2, 0.25) is 0 Å². The molecular formula is C24H26F2N6O3S. The highest BCUT2D eigenvalue weighted by Crippen LogP contribution is 2.32. The summed E-state index contributed by atoms with van der Waals surface area (Å²) in [5.41, 5.74) is 7.35. The lowest BCUT2D eigenvalue weighted by molar-refractivity contribution is 0.372. The number of benzene rings is 2. The predicted octanol–water partition coefficient (Wildman–Crippen LogP) is 3.70. The van der Waals surface area contributed by atoms with E-state index in [2.05, 4.69) is 15.3 Å². The van der Waals surface area contributed by atoms with Crippen LogP contribution in [0.5, 0.6) is 5.75 Å². The maximum absolute atomic E-state index is 14.7. The zero-order valence-electron chi connectivity index (χ0n) is 20.0. The van der Waals surface area contributed by atoms with E-state index >= 15 is 0 Å². The van der Waals surface area contributed by atoms with Gasteiger partial charge in [0.2, 0.25) is 15.8 Å². The highest BCUT2D eigenvalue weighted by Gasteiger charge is 2.23. The van der Waals surface area contributed by atoms with Gasteiger partial charge in [-0.1, -0.05) is 0 Å². The molecule has 3 N–H and O–H groups in total. The number of aryl methyl sites for hydroxylation is 1. The molecule has 0 saturated heterocycles. The van der Waals surface area contributed by atoms with Gasteiger partial charge in [-0.3, -0.25) is 4.40 Å². The van der Waals surface area contributed by atoms with Crippen molar-refractivity contribution < 1.29 is 21.9 Å². The summed E-state index contributed by atoms with van der Waals surface area (Å²) < 4.78 is 62.5. The molecule has 4 rings (SSSR count). The van der Waals surface area contributed by atoms with Crippen LogP contribution in [-0.4, -0.2) is 54.3 Å². The zero-order chi connectivity index (χ0) is 26.0. The number of nitrogens with one attached hydrogen (secondary N) is 1. The summed E-state index contributed by atoms with van der Waals surface area (Å²) in [6, 6.07) is 7.61. The van der Waals surface area contributed by atoms with Crippen molar-refractivity contribution in [2.24, 2.45) is 5.73 Å². The lowest BCUT2D eigenvalue weighted by atomic mass is 10.1. The second-order valence-corrected chi connectivity index (χ2v) is 10.1. The minimum Gasteiger partial charge on any atom is -0.494 e. The van der Waals surface area contributed by atoms with Crippen LogP contribution in [0.4, 0.5) is 20.3 Å². The van der Waals surface area contributed by atoms with E-state index in [1.165, 1.54) is 49.1 Å². The van der Waals surface area contributed by atoms with Crippen LogP contribution in [0.1, 0.15) is 12.0 Å². The maximum atomic E-state index is 14.7. The zero-order valence-corrected chi connectivity index (χ0v) is 20.8. The third-order valence-electron chi connectivity index (χ3n) is 5.77. The van der Waals surface area contributed by atoms with Crippen molar-refractivity contribution in [2.45, 2.75) is 18.2 Å². The monoisotopic (exact) mass is 516 g/mol. The number of anilines is 2. The number of sulfonamides is 1. The molecule has 0 aliphatic heterocycles. The molecule has 12 heteroatoms. The Morgan fingerprint density at radius 3 is 2.64 bits per heavy atom. The molecule has 2 aromatic carbocycles. The Morgan fingerprint density at radius 2 is 1.94 bits per heavy atom. The van der Waals surface area contributed by atoms with E-state index in [1.807, 2.05) is 0 Å². The summed E-state index contributed by atoms with van der Waals surface area (Å²) in [6.07, 6.45) is 5.06. The second kappa shape index (κ2) is 10.2. The number of methoxy groups -OCH3 is 1. The van der Waals surface area contributed by atoms with E-state index in [4.69, 9.17) is 10.5 Å². The van der Waals surface area contributed by atoms with Gasteiger partial charge in [0.25, 0.3) is 0 Å². The summed E-state index contributed by atoms with van der Waals surface area (Å²) >= 11 is 0. The topological polar surface area (TPSA) is 115 Å². The van der Waals surface area contributed by atoms with Gasteiger partial charge < -0.3 is 15.8 Å². The third kappa shape index (κ3) is 4.62. The van der Waals surface area contributed by atoms with Crippen molar-refractivity contribution in [3.05, 3.63) is 66.1 Å². The van der Waals surface area contributed by atoms with Crippen molar-refractivity contribution in [1.29, 1.82) is 0 Å². The number of halogens is 2. The summed E-state index contributed by atoms with van der Waals surface area (Å²) in [5, 5.41) is 3.13. The second-order valence-electron chi connectivity index (χ2n) is 8.13. The van der Waals surface area contributed by atoms with Crippen molar-refractivity contribution in [3.8, 4) is 17.0 Å². The molecule has 2 heterocycles. The minimum atomic E-state index is -3.66. The number of imidazole rings is 1. The molecule has 0 fully saturated rings. The molecule has 9 nitrogen and oxygen atoms in total. The summed E-state index contributed by atoms with van der Waals surface area (Å²) in [6.45, 7) is 2.43. The van der Waals surface area contributed by atoms with Crippen LogP contribution in [0.15, 0.2) is 53.8 Å². The lowest BCUT2D eigenvalue weighted by Crippen LogP contribution is -2.29. The highest BCUT2D eigenvalue weighted by atomic mass is 32.2. The van der Waals surface area contributed by atoms with E-state index in [9.17, 15) is 17.2 Å². The molecule has 0 aliphatic rings. The van der Waals surface area contributed by atoms with Crippen molar-refractivity contribution in [2.75, 3.05) is 32.6 Å². The van der Waals surface area contributed by atoms with Crippen molar-refractivity contribution in [3.63, 3.8) is 0 Å². The standard InChI is InChI=1S/C24H26F2N6O3S/c1-15-13-16(5-8-20(15)36(33,34)31(2)11-4-9-27)30-23-24-29-14-18(32(24)12-10-28-23)17-6-7-19(35-3)22(26)21(17)25/h5-8,10,12-14H,4,9,11,27H2,1-3H3,(H,28,30).